The van der Waals surface area contributed by atoms with E-state index in [0.717, 1.165) is 24.4 Å². The number of aromatic amines is 1. The summed E-state index contributed by atoms with van der Waals surface area (Å²) < 4.78 is 46.9. The first-order valence-electron chi connectivity index (χ1n) is 8.18. The normalized spacial score (nSPS) is 19.0. The SMILES string of the molecule is NC1=NC(c2cc(NC(=O)Oc3ncc(=O)[nH]c3N)ccc2F)(C(F)F)CNC1. The number of amides is 1. The molecule has 154 valence electrons. The highest BCUT2D eigenvalue weighted by Crippen LogP contribution is 2.36. The fraction of sp³-hybridized carbons (Fsp3) is 0.250. The van der Waals surface area contributed by atoms with Gasteiger partial charge in [-0.3, -0.25) is 15.1 Å². The summed E-state index contributed by atoms with van der Waals surface area (Å²) in [5.74, 6) is -1.71. The van der Waals surface area contributed by atoms with Gasteiger partial charge in [-0.25, -0.2) is 22.9 Å². The molecule has 0 saturated carbocycles. The number of carbonyl (C=O) groups is 1. The van der Waals surface area contributed by atoms with Gasteiger partial charge in [-0.15, -0.1) is 0 Å². The Labute approximate surface area is 161 Å². The van der Waals surface area contributed by atoms with Crippen molar-refractivity contribution < 1.29 is 22.7 Å². The molecule has 29 heavy (non-hydrogen) atoms. The second-order valence-corrected chi connectivity index (χ2v) is 6.11. The minimum absolute atomic E-state index is 0.0474. The maximum atomic E-state index is 14.4. The van der Waals surface area contributed by atoms with Gasteiger partial charge in [0.05, 0.1) is 12.7 Å². The smallest absolute Gasteiger partial charge is 0.387 e. The van der Waals surface area contributed by atoms with Crippen molar-refractivity contribution in [1.29, 1.82) is 0 Å². The zero-order valence-corrected chi connectivity index (χ0v) is 14.7. The topological polar surface area (TPSA) is 161 Å². The van der Waals surface area contributed by atoms with Crippen LogP contribution in [0.5, 0.6) is 5.88 Å². The molecule has 1 aromatic carbocycles. The van der Waals surface area contributed by atoms with Crippen LogP contribution in [0.1, 0.15) is 5.56 Å². The van der Waals surface area contributed by atoms with Gasteiger partial charge >= 0.3 is 6.09 Å². The molecule has 0 bridgehead atoms. The summed E-state index contributed by atoms with van der Waals surface area (Å²) in [4.78, 5) is 32.6. The van der Waals surface area contributed by atoms with E-state index in [1.54, 1.807) is 0 Å². The van der Waals surface area contributed by atoms with E-state index in [1.165, 1.54) is 0 Å². The second kappa shape index (κ2) is 7.79. The van der Waals surface area contributed by atoms with E-state index in [2.05, 4.69) is 25.6 Å². The van der Waals surface area contributed by atoms with Crippen LogP contribution in [0.3, 0.4) is 0 Å². The maximum Gasteiger partial charge on any atom is 0.418 e. The van der Waals surface area contributed by atoms with Gasteiger partial charge in [-0.2, -0.15) is 0 Å². The molecule has 1 amide bonds. The van der Waals surface area contributed by atoms with Crippen molar-refractivity contribution in [2.45, 2.75) is 12.0 Å². The quantitative estimate of drug-likeness (QED) is 0.490. The first-order valence-corrected chi connectivity index (χ1v) is 8.18. The van der Waals surface area contributed by atoms with E-state index in [-0.39, 0.29) is 36.3 Å². The molecule has 7 N–H and O–H groups in total. The van der Waals surface area contributed by atoms with E-state index < -0.39 is 35.0 Å². The molecule has 2 heterocycles. The molecular weight excluding hydrogens is 395 g/mol. The number of rotatable bonds is 4. The monoisotopic (exact) mass is 411 g/mol. The third kappa shape index (κ3) is 4.13. The van der Waals surface area contributed by atoms with E-state index in [0.29, 0.717) is 0 Å². The van der Waals surface area contributed by atoms with Crippen molar-refractivity contribution >= 4 is 23.4 Å². The lowest BCUT2D eigenvalue weighted by Gasteiger charge is -2.34. The average Bonchev–Trinajstić information content (AvgIpc) is 2.65. The number of nitrogens with two attached hydrogens (primary N) is 2. The number of halogens is 3. The summed E-state index contributed by atoms with van der Waals surface area (Å²) in [5, 5.41) is 4.92. The summed E-state index contributed by atoms with van der Waals surface area (Å²) >= 11 is 0. The summed E-state index contributed by atoms with van der Waals surface area (Å²) in [7, 11) is 0. The Morgan fingerprint density at radius 1 is 1.34 bits per heavy atom. The van der Waals surface area contributed by atoms with Gasteiger partial charge in [0.25, 0.3) is 17.9 Å². The summed E-state index contributed by atoms with van der Waals surface area (Å²) in [6.45, 7) is -0.262. The number of ether oxygens (including phenoxy) is 1. The van der Waals surface area contributed by atoms with Crippen LogP contribution in [-0.2, 0) is 5.54 Å². The van der Waals surface area contributed by atoms with Crippen LogP contribution in [0.25, 0.3) is 0 Å². The molecule has 3 rings (SSSR count). The minimum Gasteiger partial charge on any atom is -0.387 e. The van der Waals surface area contributed by atoms with Gasteiger partial charge in [0, 0.05) is 17.8 Å². The lowest BCUT2D eigenvalue weighted by molar-refractivity contribution is 0.0491. The number of anilines is 2. The Kier molecular flexibility index (Phi) is 5.41. The fourth-order valence-electron chi connectivity index (χ4n) is 2.77. The number of hydrogen-bond acceptors (Lipinski definition) is 8. The number of carbonyl (C=O) groups excluding carboxylic acids is 1. The molecule has 0 spiro atoms. The number of aliphatic imine (C=N–C) groups is 1. The predicted molar refractivity (Wildman–Crippen MR) is 97.5 cm³/mol. The van der Waals surface area contributed by atoms with Crippen molar-refractivity contribution in [3.05, 3.63) is 46.1 Å². The number of benzene rings is 1. The second-order valence-electron chi connectivity index (χ2n) is 6.11. The van der Waals surface area contributed by atoms with Crippen molar-refractivity contribution in [2.24, 2.45) is 10.7 Å². The van der Waals surface area contributed by atoms with Crippen LogP contribution in [0.2, 0.25) is 0 Å². The van der Waals surface area contributed by atoms with E-state index in [1.807, 2.05) is 0 Å². The number of alkyl halides is 2. The van der Waals surface area contributed by atoms with Crippen molar-refractivity contribution in [3.63, 3.8) is 0 Å². The first-order chi connectivity index (χ1) is 13.7. The van der Waals surface area contributed by atoms with Crippen molar-refractivity contribution in [3.8, 4) is 5.88 Å². The van der Waals surface area contributed by atoms with E-state index >= 15 is 0 Å². The lowest BCUT2D eigenvalue weighted by Crippen LogP contribution is -2.51. The number of aromatic nitrogens is 2. The Balaban J connectivity index is 1.88. The Bertz CT molecular complexity index is 1030. The summed E-state index contributed by atoms with van der Waals surface area (Å²) in [6, 6.07) is 3.06. The van der Waals surface area contributed by atoms with E-state index in [4.69, 9.17) is 16.2 Å². The Morgan fingerprint density at radius 3 is 2.76 bits per heavy atom. The molecule has 1 unspecified atom stereocenters. The minimum atomic E-state index is -3.07. The van der Waals surface area contributed by atoms with E-state index in [9.17, 15) is 22.8 Å². The molecule has 0 saturated heterocycles. The fourth-order valence-corrected chi connectivity index (χ4v) is 2.77. The van der Waals surface area contributed by atoms with Crippen LogP contribution in [0.4, 0.5) is 29.5 Å². The molecule has 0 aliphatic carbocycles. The molecule has 1 aliphatic heterocycles. The van der Waals surface area contributed by atoms with Crippen LogP contribution in [0.15, 0.2) is 34.2 Å². The van der Waals surface area contributed by atoms with Crippen LogP contribution in [0, 0.1) is 5.82 Å². The van der Waals surface area contributed by atoms with Crippen molar-refractivity contribution in [1.82, 2.24) is 15.3 Å². The predicted octanol–water partition coefficient (Wildman–Crippen LogP) is 0.523. The number of H-pyrrole nitrogens is 1. The van der Waals surface area contributed by atoms with Crippen LogP contribution >= 0.6 is 0 Å². The molecule has 10 nitrogen and oxygen atoms in total. The number of nitrogens with one attached hydrogen (secondary N) is 3. The largest absolute Gasteiger partial charge is 0.418 e. The molecular formula is C16H16F3N7O3. The molecule has 13 heteroatoms. The van der Waals surface area contributed by atoms with Gasteiger partial charge in [0.1, 0.15) is 11.7 Å². The molecule has 0 radical (unpaired) electrons. The van der Waals surface area contributed by atoms with Gasteiger partial charge in [-0.05, 0) is 18.2 Å². The standard InChI is InChI=1S/C16H16F3N7O3/c17-9-2-1-7(24-15(28)29-13-12(21)25-11(27)5-23-13)3-8(9)16(14(18)19)6-22-4-10(20)26-16/h1-3,5,14,22H,4,6H2,(H2,20,26)(H,24,28)(H3,21,25,27). The highest BCUT2D eigenvalue weighted by Gasteiger charge is 2.45. The van der Waals surface area contributed by atoms with Gasteiger partial charge in [0.15, 0.2) is 11.4 Å². The van der Waals surface area contributed by atoms with Gasteiger partial charge in [0.2, 0.25) is 0 Å². The number of nitrogens with zero attached hydrogens (tertiary/aromatic N) is 2. The Hall–Kier alpha value is -3.61. The average molecular weight is 411 g/mol. The lowest BCUT2D eigenvalue weighted by atomic mass is 9.88. The third-order valence-electron chi connectivity index (χ3n) is 4.06. The highest BCUT2D eigenvalue weighted by molar-refractivity contribution is 5.87. The van der Waals surface area contributed by atoms with Crippen LogP contribution in [-0.4, -0.2) is 41.4 Å². The van der Waals surface area contributed by atoms with Gasteiger partial charge in [-0.1, -0.05) is 0 Å². The van der Waals surface area contributed by atoms with Crippen molar-refractivity contribution in [2.75, 3.05) is 24.1 Å². The molecule has 1 aromatic heterocycles. The zero-order valence-electron chi connectivity index (χ0n) is 14.7. The zero-order chi connectivity index (χ0) is 21.2. The molecule has 1 atom stereocenters. The molecule has 1 aliphatic rings. The number of amidine groups is 1. The third-order valence-corrected chi connectivity index (χ3v) is 4.06. The molecule has 0 fully saturated rings. The molecule has 2 aromatic rings. The Morgan fingerprint density at radius 2 is 2.10 bits per heavy atom. The van der Waals surface area contributed by atoms with Crippen LogP contribution < -0.4 is 32.4 Å². The number of hydrogen-bond donors (Lipinski definition) is 5. The summed E-state index contributed by atoms with van der Waals surface area (Å²) in [6.07, 6.45) is -3.32. The highest BCUT2D eigenvalue weighted by atomic mass is 19.3. The number of nitrogen functional groups attached to an aromatic ring is 1. The maximum absolute atomic E-state index is 14.4. The first kappa shape index (κ1) is 20.1. The summed E-state index contributed by atoms with van der Waals surface area (Å²) in [5.41, 5.74) is 7.69. The van der Waals surface area contributed by atoms with Gasteiger partial charge < -0.3 is 26.5 Å².